The normalized spacial score (nSPS) is 16.4. The fourth-order valence-electron chi connectivity index (χ4n) is 2.69. The van der Waals surface area contributed by atoms with E-state index in [1.807, 2.05) is 13.8 Å². The third kappa shape index (κ3) is 2.37. The molecule has 0 saturated heterocycles. The van der Waals surface area contributed by atoms with Crippen molar-refractivity contribution in [2.45, 2.75) is 26.7 Å². The minimum atomic E-state index is -0.551. The summed E-state index contributed by atoms with van der Waals surface area (Å²) in [6.45, 7) is 3.99. The van der Waals surface area contributed by atoms with Gasteiger partial charge in [-0.2, -0.15) is 0 Å². The predicted molar refractivity (Wildman–Crippen MR) is 79.5 cm³/mol. The van der Waals surface area contributed by atoms with Crippen molar-refractivity contribution in [3.8, 4) is 5.69 Å². The zero-order valence-corrected chi connectivity index (χ0v) is 12.8. The molecule has 8 heteroatoms. The highest BCUT2D eigenvalue weighted by Gasteiger charge is 2.35. The van der Waals surface area contributed by atoms with Gasteiger partial charge in [0.25, 0.3) is 5.69 Å². The Balaban J connectivity index is 2.14. The highest BCUT2D eigenvalue weighted by molar-refractivity contribution is 6.32. The quantitative estimate of drug-likeness (QED) is 0.626. The molecule has 0 spiro atoms. The first-order valence-corrected chi connectivity index (χ1v) is 7.08. The van der Waals surface area contributed by atoms with Gasteiger partial charge in [-0.25, -0.2) is 4.68 Å². The highest BCUT2D eigenvalue weighted by atomic mass is 35.5. The number of nitro groups is 1. The molecular formula is C14H13ClN4O3. The first-order chi connectivity index (χ1) is 10.3. The Morgan fingerprint density at radius 2 is 2.09 bits per heavy atom. The van der Waals surface area contributed by atoms with Crippen molar-refractivity contribution in [3.63, 3.8) is 0 Å². The molecule has 0 saturated carbocycles. The number of carbonyl (C=O) groups excluding carboxylic acids is 1. The lowest BCUT2D eigenvalue weighted by Gasteiger charge is -2.27. The van der Waals surface area contributed by atoms with E-state index in [-0.39, 0.29) is 21.9 Å². The Hall–Kier alpha value is -2.28. The second-order valence-electron chi connectivity index (χ2n) is 6.13. The van der Waals surface area contributed by atoms with E-state index in [0.29, 0.717) is 29.9 Å². The summed E-state index contributed by atoms with van der Waals surface area (Å²) in [4.78, 5) is 22.6. The van der Waals surface area contributed by atoms with Crippen LogP contribution in [0.3, 0.4) is 0 Å². The molecule has 0 atom stereocenters. The molecule has 0 amide bonds. The Morgan fingerprint density at radius 1 is 1.36 bits per heavy atom. The summed E-state index contributed by atoms with van der Waals surface area (Å²) in [5.74, 6) is -0.0547. The standard InChI is InChI=1S/C14H13ClN4O3/c1-14(2)6-11-13(12(20)7-14)16-17-18(11)8-3-4-9(15)10(5-8)19(21)22/h3-5H,6-7H2,1-2H3. The maximum Gasteiger partial charge on any atom is 0.290 e. The molecule has 22 heavy (non-hydrogen) atoms. The zero-order chi connectivity index (χ0) is 16.1. The molecule has 2 aromatic rings. The second-order valence-corrected chi connectivity index (χ2v) is 6.54. The smallest absolute Gasteiger partial charge is 0.290 e. The number of Topliss-reactive ketones (excluding diaryl/α,β-unsaturated/α-hetero) is 1. The average molecular weight is 321 g/mol. The third-order valence-corrected chi connectivity index (χ3v) is 4.00. The number of fused-ring (bicyclic) bond motifs is 1. The fourth-order valence-corrected chi connectivity index (χ4v) is 2.88. The van der Waals surface area contributed by atoms with Gasteiger partial charge in [-0.05, 0) is 24.0 Å². The summed E-state index contributed by atoms with van der Waals surface area (Å²) < 4.78 is 1.48. The van der Waals surface area contributed by atoms with Crippen LogP contribution in [0.15, 0.2) is 18.2 Å². The summed E-state index contributed by atoms with van der Waals surface area (Å²) in [6, 6.07) is 4.40. The van der Waals surface area contributed by atoms with E-state index in [0.717, 1.165) is 0 Å². The average Bonchev–Trinajstić information content (AvgIpc) is 2.81. The maximum atomic E-state index is 12.1. The predicted octanol–water partition coefficient (Wildman–Crippen LogP) is 2.98. The van der Waals surface area contributed by atoms with Crippen molar-refractivity contribution in [3.05, 3.63) is 44.7 Å². The summed E-state index contributed by atoms with van der Waals surface area (Å²) in [5, 5.41) is 19.0. The first-order valence-electron chi connectivity index (χ1n) is 6.70. The third-order valence-electron chi connectivity index (χ3n) is 3.68. The van der Waals surface area contributed by atoms with Crippen LogP contribution in [0, 0.1) is 15.5 Å². The summed E-state index contributed by atoms with van der Waals surface area (Å²) >= 11 is 5.82. The molecule has 0 N–H and O–H groups in total. The first kappa shape index (κ1) is 14.6. The largest absolute Gasteiger partial charge is 0.292 e. The van der Waals surface area contributed by atoms with Crippen LogP contribution in [-0.2, 0) is 6.42 Å². The monoisotopic (exact) mass is 320 g/mol. The topological polar surface area (TPSA) is 90.9 Å². The number of hydrogen-bond donors (Lipinski definition) is 0. The van der Waals surface area contributed by atoms with E-state index in [9.17, 15) is 14.9 Å². The molecule has 1 aliphatic carbocycles. The van der Waals surface area contributed by atoms with Crippen LogP contribution in [-0.4, -0.2) is 25.7 Å². The van der Waals surface area contributed by atoms with E-state index >= 15 is 0 Å². The van der Waals surface area contributed by atoms with Crippen molar-refractivity contribution >= 4 is 23.1 Å². The molecule has 1 aromatic carbocycles. The van der Waals surface area contributed by atoms with E-state index < -0.39 is 4.92 Å². The van der Waals surface area contributed by atoms with Crippen molar-refractivity contribution in [2.24, 2.45) is 5.41 Å². The van der Waals surface area contributed by atoms with Crippen molar-refractivity contribution in [1.82, 2.24) is 15.0 Å². The summed E-state index contributed by atoms with van der Waals surface area (Å²) in [5.41, 5.74) is 1.09. The minimum Gasteiger partial charge on any atom is -0.292 e. The van der Waals surface area contributed by atoms with Crippen molar-refractivity contribution in [1.29, 1.82) is 0 Å². The lowest BCUT2D eigenvalue weighted by molar-refractivity contribution is -0.384. The number of rotatable bonds is 2. The van der Waals surface area contributed by atoms with Gasteiger partial charge in [0.1, 0.15) is 5.02 Å². The molecule has 3 rings (SSSR count). The van der Waals surface area contributed by atoms with E-state index in [2.05, 4.69) is 10.3 Å². The lowest BCUT2D eigenvalue weighted by Crippen LogP contribution is -2.28. The number of aromatic nitrogens is 3. The van der Waals surface area contributed by atoms with E-state index in [1.165, 1.54) is 16.8 Å². The van der Waals surface area contributed by atoms with Crippen LogP contribution < -0.4 is 0 Å². The number of halogens is 1. The lowest BCUT2D eigenvalue weighted by atomic mass is 9.77. The van der Waals surface area contributed by atoms with Crippen LogP contribution in [0.2, 0.25) is 5.02 Å². The molecule has 0 bridgehead atoms. The van der Waals surface area contributed by atoms with Gasteiger partial charge in [0.05, 0.1) is 16.3 Å². The second kappa shape index (κ2) is 4.88. The van der Waals surface area contributed by atoms with Crippen LogP contribution in [0.4, 0.5) is 5.69 Å². The van der Waals surface area contributed by atoms with Crippen molar-refractivity contribution < 1.29 is 9.72 Å². The van der Waals surface area contributed by atoms with Crippen molar-refractivity contribution in [2.75, 3.05) is 0 Å². The Labute approximate surface area is 131 Å². The molecular weight excluding hydrogens is 308 g/mol. The molecule has 0 aliphatic heterocycles. The Morgan fingerprint density at radius 3 is 2.77 bits per heavy atom. The minimum absolute atomic E-state index is 0.0547. The van der Waals surface area contributed by atoms with E-state index in [1.54, 1.807) is 6.07 Å². The van der Waals surface area contributed by atoms with Gasteiger partial charge in [-0.15, -0.1) is 5.10 Å². The van der Waals surface area contributed by atoms with Gasteiger partial charge < -0.3 is 0 Å². The molecule has 0 radical (unpaired) electrons. The Bertz CT molecular complexity index is 797. The van der Waals surface area contributed by atoms with Gasteiger partial charge >= 0.3 is 0 Å². The van der Waals surface area contributed by atoms with Gasteiger partial charge in [0.15, 0.2) is 11.5 Å². The summed E-state index contributed by atoms with van der Waals surface area (Å²) in [6.07, 6.45) is 1.04. The Kier molecular flexibility index (Phi) is 3.25. The summed E-state index contributed by atoms with van der Waals surface area (Å²) in [7, 11) is 0. The number of carbonyl (C=O) groups is 1. The number of ketones is 1. The molecule has 1 heterocycles. The van der Waals surface area contributed by atoms with Crippen LogP contribution in [0.25, 0.3) is 5.69 Å². The number of nitro benzene ring substituents is 1. The molecule has 0 unspecified atom stereocenters. The van der Waals surface area contributed by atoms with Gasteiger partial charge in [-0.1, -0.05) is 30.7 Å². The van der Waals surface area contributed by atoms with Crippen LogP contribution >= 0.6 is 11.6 Å². The van der Waals surface area contributed by atoms with Crippen LogP contribution in [0.5, 0.6) is 0 Å². The molecule has 114 valence electrons. The molecule has 1 aliphatic rings. The van der Waals surface area contributed by atoms with Gasteiger partial charge in [0, 0.05) is 12.5 Å². The molecule has 1 aromatic heterocycles. The maximum absolute atomic E-state index is 12.1. The fraction of sp³-hybridized carbons (Fsp3) is 0.357. The van der Waals surface area contributed by atoms with Crippen LogP contribution in [0.1, 0.15) is 36.5 Å². The number of benzene rings is 1. The number of nitrogens with zero attached hydrogens (tertiary/aromatic N) is 4. The van der Waals surface area contributed by atoms with Gasteiger partial charge in [0.2, 0.25) is 0 Å². The zero-order valence-electron chi connectivity index (χ0n) is 12.0. The molecule has 7 nitrogen and oxygen atoms in total. The van der Waals surface area contributed by atoms with E-state index in [4.69, 9.17) is 11.6 Å². The number of hydrogen-bond acceptors (Lipinski definition) is 5. The van der Waals surface area contributed by atoms with Gasteiger partial charge in [-0.3, -0.25) is 14.9 Å². The highest BCUT2D eigenvalue weighted by Crippen LogP contribution is 2.35. The SMILES string of the molecule is CC1(C)CC(=O)c2nnn(-c3ccc(Cl)c([N+](=O)[O-])c3)c2C1. The molecule has 0 fully saturated rings.